The Morgan fingerprint density at radius 1 is 1.24 bits per heavy atom. The van der Waals surface area contributed by atoms with Crippen LogP contribution in [0, 0.1) is 6.92 Å². The number of nitrogens with zero attached hydrogens (tertiary/aromatic N) is 3. The Hall–Kier alpha value is -1.66. The molecule has 2 rings (SSSR count). The second-order valence-electron chi connectivity index (χ2n) is 5.09. The van der Waals surface area contributed by atoms with Crippen LogP contribution >= 0.6 is 0 Å². The van der Waals surface area contributed by atoms with E-state index in [0.29, 0.717) is 6.54 Å². The highest BCUT2D eigenvalue weighted by Gasteiger charge is 2.20. The summed E-state index contributed by atoms with van der Waals surface area (Å²) in [7, 11) is -1.72. The third-order valence-electron chi connectivity index (χ3n) is 3.43. The van der Waals surface area contributed by atoms with Crippen LogP contribution in [0.15, 0.2) is 36.5 Å². The van der Waals surface area contributed by atoms with E-state index in [1.54, 1.807) is 7.05 Å². The molecule has 0 atom stereocenters. The molecule has 1 heterocycles. The maximum Gasteiger partial charge on any atom is 0.218 e. The summed E-state index contributed by atoms with van der Waals surface area (Å²) in [5, 5.41) is 4.34. The van der Waals surface area contributed by atoms with Gasteiger partial charge >= 0.3 is 0 Å². The normalized spacial score (nSPS) is 12.0. The van der Waals surface area contributed by atoms with Crippen molar-refractivity contribution in [3.8, 4) is 0 Å². The van der Waals surface area contributed by atoms with Crippen molar-refractivity contribution in [1.82, 2.24) is 14.1 Å². The van der Waals surface area contributed by atoms with Gasteiger partial charge in [0.25, 0.3) is 0 Å². The zero-order valence-electron chi connectivity index (χ0n) is 12.7. The lowest BCUT2D eigenvalue weighted by Crippen LogP contribution is -2.27. The first-order valence-corrected chi connectivity index (χ1v) is 8.54. The van der Waals surface area contributed by atoms with Gasteiger partial charge in [-0.2, -0.15) is 5.10 Å². The molecule has 1 aromatic heterocycles. The molecule has 0 spiro atoms. The Labute approximate surface area is 126 Å². The fraction of sp³-hybridized carbons (Fsp3) is 0.400. The van der Waals surface area contributed by atoms with Crippen LogP contribution in [0.3, 0.4) is 0 Å². The SMILES string of the molecule is CCn1cc(CN(C)S(=O)(=O)Cc2ccccc2)c(C)n1. The number of hydrogen-bond donors (Lipinski definition) is 0. The number of sulfonamides is 1. The summed E-state index contributed by atoms with van der Waals surface area (Å²) >= 11 is 0. The van der Waals surface area contributed by atoms with Gasteiger partial charge in [0.05, 0.1) is 11.4 Å². The molecule has 0 radical (unpaired) electrons. The van der Waals surface area contributed by atoms with Crippen LogP contribution in [0.25, 0.3) is 0 Å². The van der Waals surface area contributed by atoms with E-state index in [0.717, 1.165) is 23.4 Å². The highest BCUT2D eigenvalue weighted by atomic mass is 32.2. The van der Waals surface area contributed by atoms with Gasteiger partial charge in [-0.15, -0.1) is 0 Å². The summed E-state index contributed by atoms with van der Waals surface area (Å²) in [5.41, 5.74) is 2.61. The summed E-state index contributed by atoms with van der Waals surface area (Å²) in [6.07, 6.45) is 1.91. The van der Waals surface area contributed by atoms with Crippen molar-refractivity contribution in [2.75, 3.05) is 7.05 Å². The summed E-state index contributed by atoms with van der Waals surface area (Å²) in [4.78, 5) is 0. The Kier molecular flexibility index (Phi) is 4.80. The van der Waals surface area contributed by atoms with E-state index in [4.69, 9.17) is 0 Å². The van der Waals surface area contributed by atoms with Crippen LogP contribution < -0.4 is 0 Å². The second-order valence-corrected chi connectivity index (χ2v) is 7.17. The zero-order valence-corrected chi connectivity index (χ0v) is 13.5. The van der Waals surface area contributed by atoms with Crippen molar-refractivity contribution in [2.24, 2.45) is 0 Å². The Balaban J connectivity index is 2.11. The molecule has 21 heavy (non-hydrogen) atoms. The van der Waals surface area contributed by atoms with Gasteiger partial charge in [0.2, 0.25) is 10.0 Å². The number of aryl methyl sites for hydroxylation is 2. The van der Waals surface area contributed by atoms with Crippen LogP contribution in [0.5, 0.6) is 0 Å². The third-order valence-corrected chi connectivity index (χ3v) is 5.21. The van der Waals surface area contributed by atoms with Crippen molar-refractivity contribution in [3.63, 3.8) is 0 Å². The quantitative estimate of drug-likeness (QED) is 0.822. The zero-order chi connectivity index (χ0) is 15.5. The lowest BCUT2D eigenvalue weighted by molar-refractivity contribution is 0.465. The van der Waals surface area contributed by atoms with Gasteiger partial charge in [0.1, 0.15) is 0 Å². The molecule has 2 aromatic rings. The van der Waals surface area contributed by atoms with Gasteiger partial charge in [-0.3, -0.25) is 4.68 Å². The van der Waals surface area contributed by atoms with E-state index in [1.807, 2.05) is 55.1 Å². The lowest BCUT2D eigenvalue weighted by atomic mass is 10.2. The molecule has 0 aliphatic rings. The van der Waals surface area contributed by atoms with Crippen LogP contribution in [-0.2, 0) is 28.9 Å². The number of aromatic nitrogens is 2. The summed E-state index contributed by atoms with van der Waals surface area (Å²) in [6, 6.07) is 9.22. The summed E-state index contributed by atoms with van der Waals surface area (Å²) in [5.74, 6) is 0.0191. The highest BCUT2D eigenvalue weighted by Crippen LogP contribution is 2.14. The molecule has 0 saturated heterocycles. The number of rotatable bonds is 6. The number of hydrogen-bond acceptors (Lipinski definition) is 3. The lowest BCUT2D eigenvalue weighted by Gasteiger charge is -2.16. The molecule has 0 aliphatic carbocycles. The van der Waals surface area contributed by atoms with E-state index >= 15 is 0 Å². The molecule has 0 saturated carbocycles. The topological polar surface area (TPSA) is 55.2 Å². The minimum atomic E-state index is -3.33. The first-order chi connectivity index (χ1) is 9.92. The molecule has 6 heteroatoms. The van der Waals surface area contributed by atoms with E-state index in [-0.39, 0.29) is 5.75 Å². The average molecular weight is 307 g/mol. The standard InChI is InChI=1S/C15H21N3O2S/c1-4-18-11-15(13(2)16-18)10-17(3)21(19,20)12-14-8-6-5-7-9-14/h5-9,11H,4,10,12H2,1-3H3. The second kappa shape index (κ2) is 6.41. The van der Waals surface area contributed by atoms with Crippen molar-refractivity contribution >= 4 is 10.0 Å². The van der Waals surface area contributed by atoms with Crippen molar-refractivity contribution in [2.45, 2.75) is 32.7 Å². The summed E-state index contributed by atoms with van der Waals surface area (Å²) in [6.45, 7) is 5.04. The molecular formula is C15H21N3O2S. The maximum atomic E-state index is 12.4. The first-order valence-electron chi connectivity index (χ1n) is 6.93. The smallest absolute Gasteiger partial charge is 0.218 e. The summed E-state index contributed by atoms with van der Waals surface area (Å²) < 4.78 is 28.0. The molecule has 0 unspecified atom stereocenters. The molecule has 0 bridgehead atoms. The fourth-order valence-corrected chi connectivity index (χ4v) is 3.28. The van der Waals surface area contributed by atoms with Gasteiger partial charge in [-0.25, -0.2) is 12.7 Å². The van der Waals surface area contributed by atoms with E-state index in [9.17, 15) is 8.42 Å². The molecule has 0 aliphatic heterocycles. The Morgan fingerprint density at radius 3 is 2.48 bits per heavy atom. The third kappa shape index (κ3) is 3.92. The highest BCUT2D eigenvalue weighted by molar-refractivity contribution is 7.88. The van der Waals surface area contributed by atoms with E-state index in [1.165, 1.54) is 4.31 Å². The molecule has 114 valence electrons. The average Bonchev–Trinajstić information content (AvgIpc) is 2.80. The van der Waals surface area contributed by atoms with Crippen LogP contribution in [0.4, 0.5) is 0 Å². The minimum Gasteiger partial charge on any atom is -0.272 e. The largest absolute Gasteiger partial charge is 0.272 e. The maximum absolute atomic E-state index is 12.4. The van der Waals surface area contributed by atoms with Crippen LogP contribution in [0.2, 0.25) is 0 Å². The van der Waals surface area contributed by atoms with Gasteiger partial charge < -0.3 is 0 Å². The van der Waals surface area contributed by atoms with Gasteiger partial charge in [0.15, 0.2) is 0 Å². The monoisotopic (exact) mass is 307 g/mol. The molecule has 0 fully saturated rings. The van der Waals surface area contributed by atoms with Gasteiger partial charge in [-0.1, -0.05) is 30.3 Å². The van der Waals surface area contributed by atoms with Crippen molar-refractivity contribution < 1.29 is 8.42 Å². The molecule has 5 nitrogen and oxygen atoms in total. The van der Waals surface area contributed by atoms with Crippen LogP contribution in [-0.4, -0.2) is 29.6 Å². The first kappa shape index (κ1) is 15.7. The van der Waals surface area contributed by atoms with Gasteiger partial charge in [0, 0.05) is 31.9 Å². The number of benzene rings is 1. The van der Waals surface area contributed by atoms with Crippen molar-refractivity contribution in [1.29, 1.82) is 0 Å². The molecule has 1 aromatic carbocycles. The predicted octanol–water partition coefficient (Wildman–Crippen LogP) is 2.17. The Bertz CT molecular complexity index is 693. The van der Waals surface area contributed by atoms with Crippen molar-refractivity contribution in [3.05, 3.63) is 53.3 Å². The predicted molar refractivity (Wildman–Crippen MR) is 83.2 cm³/mol. The molecular weight excluding hydrogens is 286 g/mol. The van der Waals surface area contributed by atoms with E-state index < -0.39 is 10.0 Å². The van der Waals surface area contributed by atoms with Crippen LogP contribution in [0.1, 0.15) is 23.7 Å². The molecule has 0 amide bonds. The Morgan fingerprint density at radius 2 is 1.90 bits per heavy atom. The molecule has 0 N–H and O–H groups in total. The van der Waals surface area contributed by atoms with E-state index in [2.05, 4.69) is 5.10 Å². The fourth-order valence-electron chi connectivity index (χ4n) is 2.11. The van der Waals surface area contributed by atoms with Gasteiger partial charge in [-0.05, 0) is 19.4 Å². The minimum absolute atomic E-state index is 0.0191.